The lowest BCUT2D eigenvalue weighted by atomic mass is 9.75. The van der Waals surface area contributed by atoms with E-state index in [4.69, 9.17) is 9.31 Å². The highest BCUT2D eigenvalue weighted by Gasteiger charge is 2.52. The minimum atomic E-state index is -0.482. The van der Waals surface area contributed by atoms with Crippen molar-refractivity contribution in [2.45, 2.75) is 59.7 Å². The van der Waals surface area contributed by atoms with Gasteiger partial charge in [-0.1, -0.05) is 17.7 Å². The van der Waals surface area contributed by atoms with E-state index in [1.807, 2.05) is 78.8 Å². The first-order chi connectivity index (χ1) is 12.5. The molecule has 0 aromatic heterocycles. The van der Waals surface area contributed by atoms with Crippen LogP contribution in [0.3, 0.4) is 0 Å². The maximum absolute atomic E-state index is 12.8. The van der Waals surface area contributed by atoms with Crippen molar-refractivity contribution in [2.75, 3.05) is 5.32 Å². The average Bonchev–Trinajstić information content (AvgIpc) is 2.74. The van der Waals surface area contributed by atoms with E-state index in [1.165, 1.54) is 0 Å². The molecule has 1 aliphatic heterocycles. The van der Waals surface area contributed by atoms with Crippen LogP contribution in [0.2, 0.25) is 0 Å². The second-order valence-electron chi connectivity index (χ2n) is 8.49. The summed E-state index contributed by atoms with van der Waals surface area (Å²) >= 11 is 0. The van der Waals surface area contributed by atoms with Crippen LogP contribution >= 0.6 is 0 Å². The number of anilines is 1. The molecule has 2 aromatic rings. The molecule has 5 heteroatoms. The molecule has 1 saturated heterocycles. The van der Waals surface area contributed by atoms with E-state index in [0.717, 1.165) is 27.8 Å². The Morgan fingerprint density at radius 3 is 2.00 bits per heavy atom. The topological polar surface area (TPSA) is 47.6 Å². The second-order valence-corrected chi connectivity index (χ2v) is 8.49. The van der Waals surface area contributed by atoms with Crippen LogP contribution in [0.4, 0.5) is 5.69 Å². The molecule has 1 heterocycles. The van der Waals surface area contributed by atoms with Crippen LogP contribution in [-0.4, -0.2) is 24.2 Å². The zero-order valence-electron chi connectivity index (χ0n) is 17.3. The average molecular weight is 365 g/mol. The number of carbonyl (C=O) groups excluding carboxylic acids is 1. The van der Waals surface area contributed by atoms with Crippen LogP contribution in [0.15, 0.2) is 36.4 Å². The van der Waals surface area contributed by atoms with E-state index in [9.17, 15) is 4.79 Å². The molecule has 1 N–H and O–H groups in total. The summed E-state index contributed by atoms with van der Waals surface area (Å²) in [5.74, 6) is -0.141. The first-order valence-corrected chi connectivity index (χ1v) is 9.34. The quantitative estimate of drug-likeness (QED) is 0.831. The highest BCUT2D eigenvalue weighted by molar-refractivity contribution is 6.62. The smallest absolute Gasteiger partial charge is 0.399 e. The summed E-state index contributed by atoms with van der Waals surface area (Å²) in [5.41, 5.74) is 4.72. The van der Waals surface area contributed by atoms with Crippen LogP contribution in [0.1, 0.15) is 54.7 Å². The minimum absolute atomic E-state index is 0.141. The van der Waals surface area contributed by atoms with Gasteiger partial charge in [-0.2, -0.15) is 0 Å². The van der Waals surface area contributed by atoms with Crippen molar-refractivity contribution >= 4 is 24.2 Å². The first-order valence-electron chi connectivity index (χ1n) is 9.34. The molecular formula is C22H28BNO3. The third-order valence-electron chi connectivity index (χ3n) is 5.53. The third kappa shape index (κ3) is 3.94. The van der Waals surface area contributed by atoms with E-state index in [0.29, 0.717) is 5.56 Å². The summed E-state index contributed by atoms with van der Waals surface area (Å²) in [5, 5.41) is 2.99. The Labute approximate surface area is 162 Å². The Morgan fingerprint density at radius 1 is 0.889 bits per heavy atom. The molecule has 0 radical (unpaired) electrons. The van der Waals surface area contributed by atoms with Crippen LogP contribution in [-0.2, 0) is 9.31 Å². The molecule has 0 spiro atoms. The molecule has 1 amide bonds. The number of benzene rings is 2. The highest BCUT2D eigenvalue weighted by Crippen LogP contribution is 2.36. The van der Waals surface area contributed by atoms with Gasteiger partial charge in [0, 0.05) is 11.3 Å². The Balaban J connectivity index is 1.86. The number of carbonyl (C=O) groups is 1. The molecule has 3 rings (SSSR count). The summed E-state index contributed by atoms with van der Waals surface area (Å²) in [7, 11) is -0.482. The largest absolute Gasteiger partial charge is 0.495 e. The number of hydrogen-bond donors (Lipinski definition) is 1. The lowest BCUT2D eigenvalue weighted by Gasteiger charge is -2.32. The molecule has 0 atom stereocenters. The predicted molar refractivity (Wildman–Crippen MR) is 111 cm³/mol. The van der Waals surface area contributed by atoms with Crippen LogP contribution in [0.25, 0.3) is 0 Å². The van der Waals surface area contributed by atoms with Gasteiger partial charge in [-0.3, -0.25) is 4.79 Å². The Morgan fingerprint density at radius 2 is 1.44 bits per heavy atom. The molecule has 142 valence electrons. The van der Waals surface area contributed by atoms with Gasteiger partial charge in [-0.25, -0.2) is 0 Å². The van der Waals surface area contributed by atoms with Crippen molar-refractivity contribution < 1.29 is 14.1 Å². The SMILES string of the molecule is Cc1cc(C)cc(NC(=O)c2ccc(C)c(B3OC(C)(C)C(C)(C)O3)c2)c1. The third-order valence-corrected chi connectivity index (χ3v) is 5.53. The number of aryl methyl sites for hydroxylation is 3. The lowest BCUT2D eigenvalue weighted by molar-refractivity contribution is 0.00578. The number of nitrogens with one attached hydrogen (secondary N) is 1. The summed E-state index contributed by atoms with van der Waals surface area (Å²) in [6.07, 6.45) is 0. The predicted octanol–water partition coefficient (Wildman–Crippen LogP) is 4.16. The van der Waals surface area contributed by atoms with Crippen molar-refractivity contribution in [1.29, 1.82) is 0 Å². The summed E-state index contributed by atoms with van der Waals surface area (Å²) < 4.78 is 12.3. The summed E-state index contributed by atoms with van der Waals surface area (Å²) in [6.45, 7) is 14.2. The van der Waals surface area contributed by atoms with Crippen molar-refractivity contribution in [3.63, 3.8) is 0 Å². The minimum Gasteiger partial charge on any atom is -0.399 e. The van der Waals surface area contributed by atoms with Crippen molar-refractivity contribution in [1.82, 2.24) is 0 Å². The maximum atomic E-state index is 12.8. The maximum Gasteiger partial charge on any atom is 0.495 e. The standard InChI is InChI=1S/C22H28BNO3/c1-14-10-15(2)12-18(11-14)24-20(25)17-9-8-16(3)19(13-17)23-26-21(4,5)22(6,7)27-23/h8-13H,1-7H3,(H,24,25). The number of amides is 1. The van der Waals surface area contributed by atoms with E-state index in [-0.39, 0.29) is 5.91 Å². The number of rotatable bonds is 3. The van der Waals surface area contributed by atoms with Gasteiger partial charge in [-0.15, -0.1) is 0 Å². The molecule has 1 fully saturated rings. The van der Waals surface area contributed by atoms with Gasteiger partial charge >= 0.3 is 7.12 Å². The molecule has 0 bridgehead atoms. The first kappa shape index (κ1) is 19.7. The summed E-state index contributed by atoms with van der Waals surface area (Å²) in [6, 6.07) is 11.7. The molecule has 27 heavy (non-hydrogen) atoms. The van der Waals surface area contributed by atoms with Crippen LogP contribution in [0, 0.1) is 20.8 Å². The van der Waals surface area contributed by atoms with Gasteiger partial charge in [0.1, 0.15) is 0 Å². The zero-order chi connectivity index (χ0) is 20.0. The summed E-state index contributed by atoms with van der Waals surface area (Å²) in [4.78, 5) is 12.8. The van der Waals surface area contributed by atoms with Crippen molar-refractivity contribution in [2.24, 2.45) is 0 Å². The molecule has 4 nitrogen and oxygen atoms in total. The Bertz CT molecular complexity index is 853. The van der Waals surface area contributed by atoms with Gasteiger partial charge in [0.25, 0.3) is 5.91 Å². The Hall–Kier alpha value is -2.11. The van der Waals surface area contributed by atoms with E-state index >= 15 is 0 Å². The normalized spacial score (nSPS) is 17.8. The van der Waals surface area contributed by atoms with E-state index in [1.54, 1.807) is 0 Å². The molecule has 1 aliphatic rings. The van der Waals surface area contributed by atoms with Gasteiger partial charge in [0.15, 0.2) is 0 Å². The van der Waals surface area contributed by atoms with Gasteiger partial charge in [-0.05, 0) is 89.3 Å². The van der Waals surface area contributed by atoms with E-state index in [2.05, 4.69) is 11.4 Å². The lowest BCUT2D eigenvalue weighted by Crippen LogP contribution is -2.41. The molecule has 0 saturated carbocycles. The monoisotopic (exact) mass is 365 g/mol. The fraction of sp³-hybridized carbons (Fsp3) is 0.409. The van der Waals surface area contributed by atoms with Gasteiger partial charge < -0.3 is 14.6 Å². The molecule has 0 aliphatic carbocycles. The van der Waals surface area contributed by atoms with Crippen LogP contribution < -0.4 is 10.8 Å². The van der Waals surface area contributed by atoms with Crippen molar-refractivity contribution in [3.05, 3.63) is 58.7 Å². The molecule has 0 unspecified atom stereocenters. The fourth-order valence-electron chi connectivity index (χ4n) is 3.26. The highest BCUT2D eigenvalue weighted by atomic mass is 16.7. The van der Waals surface area contributed by atoms with Crippen molar-refractivity contribution in [3.8, 4) is 0 Å². The van der Waals surface area contributed by atoms with Gasteiger partial charge in [0.2, 0.25) is 0 Å². The Kier molecular flexibility index (Phi) is 4.95. The fourth-order valence-corrected chi connectivity index (χ4v) is 3.26. The second kappa shape index (κ2) is 6.81. The van der Waals surface area contributed by atoms with Gasteiger partial charge in [0.05, 0.1) is 11.2 Å². The number of hydrogen-bond acceptors (Lipinski definition) is 3. The molecule has 2 aromatic carbocycles. The zero-order valence-corrected chi connectivity index (χ0v) is 17.3. The van der Waals surface area contributed by atoms with Crippen LogP contribution in [0.5, 0.6) is 0 Å². The van der Waals surface area contributed by atoms with E-state index < -0.39 is 18.3 Å². The molecular weight excluding hydrogens is 337 g/mol.